The highest BCUT2D eigenvalue weighted by Crippen LogP contribution is 2.27. The van der Waals surface area contributed by atoms with Crippen LogP contribution in [-0.4, -0.2) is 26.2 Å². The van der Waals surface area contributed by atoms with Crippen LogP contribution in [0.1, 0.15) is 12.0 Å². The molecular weight excluding hydrogens is 208 g/mol. The lowest BCUT2D eigenvalue weighted by Crippen LogP contribution is -2.29. The number of nitrogens with one attached hydrogen (secondary N) is 1. The molecule has 1 aromatic rings. The van der Waals surface area contributed by atoms with Gasteiger partial charge in [0.15, 0.2) is 0 Å². The first-order valence-corrected chi connectivity index (χ1v) is 5.77. The van der Waals surface area contributed by atoms with E-state index in [1.807, 2.05) is 13.1 Å². The molecule has 3 heteroatoms. The summed E-state index contributed by atoms with van der Waals surface area (Å²) in [5.74, 6) is 0. The molecule has 1 aliphatic rings. The Morgan fingerprint density at radius 2 is 2.27 bits per heavy atom. The second-order valence-corrected chi connectivity index (χ2v) is 4.59. The van der Waals surface area contributed by atoms with E-state index in [1.54, 1.807) is 0 Å². The zero-order chi connectivity index (χ0) is 10.8. The predicted molar refractivity (Wildman–Crippen MR) is 65.9 cm³/mol. The van der Waals surface area contributed by atoms with Gasteiger partial charge in [-0.2, -0.15) is 0 Å². The molecule has 1 unspecified atom stereocenters. The molecule has 0 amide bonds. The Hall–Kier alpha value is -0.730. The van der Waals surface area contributed by atoms with Crippen molar-refractivity contribution in [3.63, 3.8) is 0 Å². The molecule has 1 N–H and O–H groups in total. The summed E-state index contributed by atoms with van der Waals surface area (Å²) in [6.07, 6.45) is 1.21. The number of rotatable bonds is 2. The zero-order valence-corrected chi connectivity index (χ0v) is 10.0. The number of aryl methyl sites for hydroxylation is 1. The van der Waals surface area contributed by atoms with E-state index in [1.165, 1.54) is 17.7 Å². The number of nitrogens with zero attached hydrogens (tertiary/aromatic N) is 1. The van der Waals surface area contributed by atoms with Crippen molar-refractivity contribution in [2.45, 2.75) is 19.4 Å². The first kappa shape index (κ1) is 10.8. The Morgan fingerprint density at radius 1 is 1.47 bits per heavy atom. The van der Waals surface area contributed by atoms with Gasteiger partial charge < -0.3 is 10.2 Å². The van der Waals surface area contributed by atoms with Crippen molar-refractivity contribution < 1.29 is 0 Å². The minimum absolute atomic E-state index is 0.614. The number of halogens is 1. The summed E-state index contributed by atoms with van der Waals surface area (Å²) in [4.78, 5) is 2.41. The zero-order valence-electron chi connectivity index (χ0n) is 9.26. The van der Waals surface area contributed by atoms with Gasteiger partial charge in [0.2, 0.25) is 0 Å². The van der Waals surface area contributed by atoms with Crippen LogP contribution in [0.5, 0.6) is 0 Å². The van der Waals surface area contributed by atoms with Crippen molar-refractivity contribution in [3.8, 4) is 0 Å². The Bertz CT molecular complexity index is 351. The van der Waals surface area contributed by atoms with Crippen LogP contribution in [0.15, 0.2) is 18.2 Å². The topological polar surface area (TPSA) is 15.3 Å². The summed E-state index contributed by atoms with van der Waals surface area (Å²) in [6.45, 7) is 4.34. The molecule has 1 fully saturated rings. The van der Waals surface area contributed by atoms with E-state index < -0.39 is 0 Å². The third-order valence-electron chi connectivity index (χ3n) is 3.11. The average molecular weight is 225 g/mol. The van der Waals surface area contributed by atoms with Crippen molar-refractivity contribution in [3.05, 3.63) is 28.8 Å². The van der Waals surface area contributed by atoms with Gasteiger partial charge in [-0.05, 0) is 38.1 Å². The molecule has 2 rings (SSSR count). The Morgan fingerprint density at radius 3 is 2.93 bits per heavy atom. The van der Waals surface area contributed by atoms with E-state index in [9.17, 15) is 0 Å². The normalized spacial score (nSPS) is 21.0. The lowest BCUT2D eigenvalue weighted by Gasteiger charge is -2.21. The number of anilines is 1. The van der Waals surface area contributed by atoms with Gasteiger partial charge in [0, 0.05) is 29.8 Å². The molecule has 1 heterocycles. The quantitative estimate of drug-likeness (QED) is 0.830. The second-order valence-electron chi connectivity index (χ2n) is 4.15. The highest BCUT2D eigenvalue weighted by atomic mass is 35.5. The number of likely N-dealkylation sites (N-methyl/N-ethyl adjacent to an activating group) is 1. The van der Waals surface area contributed by atoms with Crippen LogP contribution in [0, 0.1) is 6.92 Å². The Kier molecular flexibility index (Phi) is 3.17. The molecule has 15 heavy (non-hydrogen) atoms. The van der Waals surface area contributed by atoms with Crippen molar-refractivity contribution in [2.24, 2.45) is 0 Å². The van der Waals surface area contributed by atoms with Crippen LogP contribution in [0.4, 0.5) is 5.69 Å². The van der Waals surface area contributed by atoms with Crippen LogP contribution >= 0.6 is 11.6 Å². The molecule has 0 aliphatic carbocycles. The third-order valence-corrected chi connectivity index (χ3v) is 3.34. The molecule has 1 saturated heterocycles. The van der Waals surface area contributed by atoms with E-state index >= 15 is 0 Å². The highest BCUT2D eigenvalue weighted by Gasteiger charge is 2.22. The Balaban J connectivity index is 2.19. The summed E-state index contributed by atoms with van der Waals surface area (Å²) >= 11 is 6.02. The molecule has 0 bridgehead atoms. The fourth-order valence-corrected chi connectivity index (χ4v) is 2.30. The van der Waals surface area contributed by atoms with Crippen LogP contribution in [-0.2, 0) is 0 Å². The van der Waals surface area contributed by atoms with Crippen molar-refractivity contribution >= 4 is 17.3 Å². The molecule has 1 aliphatic heterocycles. The summed E-state index contributed by atoms with van der Waals surface area (Å²) in [6, 6.07) is 6.72. The first-order valence-electron chi connectivity index (χ1n) is 5.39. The number of hydrogen-bond acceptors (Lipinski definition) is 2. The maximum atomic E-state index is 6.02. The largest absolute Gasteiger partial charge is 0.370 e. The molecular formula is C12H17ClN2. The van der Waals surface area contributed by atoms with Crippen LogP contribution in [0.3, 0.4) is 0 Å². The smallest absolute Gasteiger partial charge is 0.0426 e. The molecule has 1 aromatic carbocycles. The van der Waals surface area contributed by atoms with E-state index in [0.717, 1.165) is 18.1 Å². The number of hydrogen-bond donors (Lipinski definition) is 1. The molecule has 0 saturated carbocycles. The van der Waals surface area contributed by atoms with Gasteiger partial charge in [-0.1, -0.05) is 17.7 Å². The predicted octanol–water partition coefficient (Wildman–Crippen LogP) is 2.45. The van der Waals surface area contributed by atoms with Crippen molar-refractivity contribution in [1.29, 1.82) is 0 Å². The summed E-state index contributed by atoms with van der Waals surface area (Å²) in [5, 5.41) is 4.15. The van der Waals surface area contributed by atoms with E-state index in [2.05, 4.69) is 29.3 Å². The summed E-state index contributed by atoms with van der Waals surface area (Å²) < 4.78 is 0. The Labute approximate surface area is 96.2 Å². The van der Waals surface area contributed by atoms with E-state index in [-0.39, 0.29) is 0 Å². The second kappa shape index (κ2) is 4.42. The minimum Gasteiger partial charge on any atom is -0.370 e. The maximum absolute atomic E-state index is 6.02. The van der Waals surface area contributed by atoms with Crippen LogP contribution in [0.25, 0.3) is 0 Å². The fraction of sp³-hybridized carbons (Fsp3) is 0.500. The minimum atomic E-state index is 0.614. The number of benzene rings is 1. The monoisotopic (exact) mass is 224 g/mol. The summed E-state index contributed by atoms with van der Waals surface area (Å²) in [5.41, 5.74) is 2.58. The van der Waals surface area contributed by atoms with Crippen LogP contribution < -0.4 is 10.2 Å². The van der Waals surface area contributed by atoms with Gasteiger partial charge in [-0.3, -0.25) is 0 Å². The molecule has 2 nitrogen and oxygen atoms in total. The molecule has 1 atom stereocenters. The SMILES string of the molecule is CNC1CCN(c2cc(Cl)ccc2C)C1. The van der Waals surface area contributed by atoms with Gasteiger partial charge in [0.05, 0.1) is 0 Å². The van der Waals surface area contributed by atoms with Crippen molar-refractivity contribution in [1.82, 2.24) is 5.32 Å². The average Bonchev–Trinajstić information content (AvgIpc) is 2.70. The van der Waals surface area contributed by atoms with Gasteiger partial charge in [0.25, 0.3) is 0 Å². The molecule has 0 aromatic heterocycles. The molecule has 0 radical (unpaired) electrons. The fourth-order valence-electron chi connectivity index (χ4n) is 2.14. The lowest BCUT2D eigenvalue weighted by atomic mass is 10.2. The van der Waals surface area contributed by atoms with E-state index in [0.29, 0.717) is 6.04 Å². The van der Waals surface area contributed by atoms with Gasteiger partial charge in [-0.25, -0.2) is 0 Å². The molecule has 82 valence electrons. The summed E-state index contributed by atoms with van der Waals surface area (Å²) in [7, 11) is 2.03. The lowest BCUT2D eigenvalue weighted by molar-refractivity contribution is 0.617. The van der Waals surface area contributed by atoms with Crippen molar-refractivity contribution in [2.75, 3.05) is 25.0 Å². The standard InChI is InChI=1S/C12H17ClN2/c1-9-3-4-10(13)7-12(9)15-6-5-11(8-15)14-2/h3-4,7,11,14H,5-6,8H2,1-2H3. The first-order chi connectivity index (χ1) is 7.20. The van der Waals surface area contributed by atoms with E-state index in [4.69, 9.17) is 11.6 Å². The third kappa shape index (κ3) is 2.27. The maximum Gasteiger partial charge on any atom is 0.0426 e. The van der Waals surface area contributed by atoms with Gasteiger partial charge in [0.1, 0.15) is 0 Å². The van der Waals surface area contributed by atoms with Gasteiger partial charge >= 0.3 is 0 Å². The highest BCUT2D eigenvalue weighted by molar-refractivity contribution is 6.30. The van der Waals surface area contributed by atoms with Crippen LogP contribution in [0.2, 0.25) is 5.02 Å². The van der Waals surface area contributed by atoms with Gasteiger partial charge in [-0.15, -0.1) is 0 Å². The molecule has 0 spiro atoms.